The van der Waals surface area contributed by atoms with Crippen LogP contribution < -0.4 is 5.11 Å². The van der Waals surface area contributed by atoms with Gasteiger partial charge in [-0.25, -0.2) is 19.2 Å². The number of carboxylic acid groups (broad SMARTS) is 4. The molecule has 0 bridgehead atoms. The van der Waals surface area contributed by atoms with Crippen molar-refractivity contribution in [1.82, 2.24) is 0 Å². The van der Waals surface area contributed by atoms with Gasteiger partial charge in [-0.1, -0.05) is 60.3 Å². The third-order valence-electron chi connectivity index (χ3n) is 4.52. The third-order valence-corrected chi connectivity index (χ3v) is 4.52. The molecule has 0 heterocycles. The van der Waals surface area contributed by atoms with Crippen LogP contribution in [0.15, 0.2) is 97.1 Å². The molecule has 0 aliphatic carbocycles. The van der Waals surface area contributed by atoms with Crippen LogP contribution in [-0.4, -0.2) is 59.6 Å². The van der Waals surface area contributed by atoms with E-state index in [4.69, 9.17) is 35.7 Å². The Kier molecular flexibility index (Phi) is 16.4. The molecule has 0 radical (unpaired) electrons. The molecule has 0 atom stereocenters. The number of rotatable bonds is 4. The fourth-order valence-electron chi connectivity index (χ4n) is 2.61. The second kappa shape index (κ2) is 18.6. The van der Waals surface area contributed by atoms with Gasteiger partial charge >= 0.3 is 23.9 Å². The number of hydrogen-bond acceptors (Lipinski definition) is 8. The quantitative estimate of drug-likeness (QED) is 0.157. The molecule has 4 aromatic carbocycles. The molecule has 0 saturated heterocycles. The van der Waals surface area contributed by atoms with Gasteiger partial charge in [0, 0.05) is 39.9 Å². The van der Waals surface area contributed by atoms with Crippen molar-refractivity contribution in [3.05, 3.63) is 119 Å². The number of para-hydroxylation sites is 4. The van der Waals surface area contributed by atoms with Gasteiger partial charge in [0.1, 0.15) is 33.9 Å². The maximum Gasteiger partial charge on any atom is 0.339 e. The van der Waals surface area contributed by atoms with Crippen LogP contribution in [0.25, 0.3) is 0 Å². The van der Waals surface area contributed by atoms with Crippen LogP contribution in [0.1, 0.15) is 41.4 Å². The van der Waals surface area contributed by atoms with E-state index in [9.17, 15) is 24.3 Å². The fourth-order valence-corrected chi connectivity index (χ4v) is 2.61. The molecule has 4 aromatic rings. The Hall–Kier alpha value is -4.72. The zero-order valence-corrected chi connectivity index (χ0v) is 25.0. The van der Waals surface area contributed by atoms with E-state index in [-0.39, 0.29) is 79.4 Å². The summed E-state index contributed by atoms with van der Waals surface area (Å²) in [6.45, 7) is 0. The van der Waals surface area contributed by atoms with Crippen molar-refractivity contribution in [2.24, 2.45) is 0 Å². The molecule has 0 amide bonds. The van der Waals surface area contributed by atoms with Gasteiger partial charge in [0.25, 0.3) is 0 Å². The standard InChI is InChI=1S/4C7H6O3.Th/c4*8-6-4-2-1-3-5(6)7(9)10;/h4*1-4,8H,(H,9,10);/p-1. The Balaban J connectivity index is 0.000000516. The van der Waals surface area contributed by atoms with Crippen LogP contribution in [0.4, 0.5) is 0 Å². The zero-order valence-electron chi connectivity index (χ0n) is 20.9. The molecule has 4 rings (SSSR count). The molecule has 0 saturated carbocycles. The summed E-state index contributed by atoms with van der Waals surface area (Å²) in [6.07, 6.45) is 0. The molecule has 0 aromatic heterocycles. The van der Waals surface area contributed by atoms with E-state index in [1.165, 1.54) is 60.7 Å². The van der Waals surface area contributed by atoms with E-state index < -0.39 is 29.6 Å². The number of aromatic hydroxyl groups is 3. The first-order valence-electron chi connectivity index (χ1n) is 10.9. The maximum atomic E-state index is 10.7. The second-order valence-electron chi connectivity index (χ2n) is 7.27. The monoisotopic (exact) mass is 783 g/mol. The SMILES string of the molecule is O=C(O)c1ccccc1O.O=C(O)c1ccccc1O.O=C(O)c1ccccc1O.O=C(O)c1ccccc1[O-].[Th]. The second-order valence-corrected chi connectivity index (χ2v) is 7.27. The average Bonchev–Trinajstić information content (AvgIpc) is 2.90. The first kappa shape index (κ1) is 36.3. The van der Waals surface area contributed by atoms with Crippen molar-refractivity contribution in [1.29, 1.82) is 0 Å². The summed E-state index contributed by atoms with van der Waals surface area (Å²) in [6, 6.07) is 23.0. The third kappa shape index (κ3) is 12.8. The number of aromatic carboxylic acids is 4. The summed E-state index contributed by atoms with van der Waals surface area (Å²) in [4.78, 5) is 41.0. The fraction of sp³-hybridized carbons (Fsp3) is 0. The molecule has 7 N–H and O–H groups in total. The Morgan fingerprint density at radius 3 is 0.805 bits per heavy atom. The minimum atomic E-state index is -1.18. The van der Waals surface area contributed by atoms with Crippen molar-refractivity contribution in [2.75, 3.05) is 0 Å². The molecule has 0 fully saturated rings. The van der Waals surface area contributed by atoms with Crippen LogP contribution in [-0.2, 0) is 0 Å². The predicted octanol–water partition coefficient (Wildman–Crippen LogP) is 3.73. The summed E-state index contributed by atoms with van der Waals surface area (Å²) in [5.41, 5.74) is -0.380. The van der Waals surface area contributed by atoms with Crippen molar-refractivity contribution < 1.29 is 100.0 Å². The molecule has 12 nitrogen and oxygen atoms in total. The number of carbonyl (C=O) groups is 4. The largest absolute Gasteiger partial charge is 0.872 e. The molecule has 0 unspecified atom stereocenters. The van der Waals surface area contributed by atoms with Crippen LogP contribution in [0.3, 0.4) is 0 Å². The van der Waals surface area contributed by atoms with Crippen LogP contribution >= 0.6 is 0 Å². The van der Waals surface area contributed by atoms with E-state index in [0.29, 0.717) is 0 Å². The maximum absolute atomic E-state index is 10.7. The molecule has 0 spiro atoms. The number of hydrogen-bond donors (Lipinski definition) is 7. The van der Waals surface area contributed by atoms with Gasteiger partial charge in [-0.15, -0.1) is 0 Å². The molecular weight excluding hydrogens is 760 g/mol. The first-order valence-corrected chi connectivity index (χ1v) is 10.9. The van der Waals surface area contributed by atoms with E-state index in [0.717, 1.165) is 0 Å². The van der Waals surface area contributed by atoms with E-state index >= 15 is 0 Å². The van der Waals surface area contributed by atoms with E-state index in [2.05, 4.69) is 0 Å². The normalized spacial score (nSPS) is 8.98. The smallest absolute Gasteiger partial charge is 0.339 e. The molecule has 0 aliphatic rings. The van der Waals surface area contributed by atoms with Gasteiger partial charge < -0.3 is 40.9 Å². The van der Waals surface area contributed by atoms with Gasteiger partial charge in [-0.3, -0.25) is 0 Å². The number of carboxylic acids is 4. The zero-order chi connectivity index (χ0) is 30.2. The van der Waals surface area contributed by atoms with Crippen molar-refractivity contribution in [2.45, 2.75) is 0 Å². The predicted molar refractivity (Wildman–Crippen MR) is 138 cm³/mol. The van der Waals surface area contributed by atoms with Gasteiger partial charge in [0.15, 0.2) is 0 Å². The van der Waals surface area contributed by atoms with Crippen LogP contribution in [0.2, 0.25) is 0 Å². The van der Waals surface area contributed by atoms with Gasteiger partial charge in [0.2, 0.25) is 0 Å². The van der Waals surface area contributed by atoms with Gasteiger partial charge in [-0.2, -0.15) is 0 Å². The van der Waals surface area contributed by atoms with Gasteiger partial charge in [0.05, 0.1) is 5.56 Å². The van der Waals surface area contributed by atoms with Crippen LogP contribution in [0.5, 0.6) is 23.0 Å². The molecule has 13 heteroatoms. The summed E-state index contributed by atoms with van der Waals surface area (Å²) in [5.74, 6) is -5.56. The topological polar surface area (TPSA) is 233 Å². The van der Waals surface area contributed by atoms with E-state index in [1.807, 2.05) is 0 Å². The van der Waals surface area contributed by atoms with Crippen molar-refractivity contribution >= 4 is 23.9 Å². The minimum absolute atomic E-state index is 0. The molecule has 0 aliphatic heterocycles. The summed E-state index contributed by atoms with van der Waals surface area (Å²) < 4.78 is 0. The number of phenols is 3. The Bertz CT molecular complexity index is 1250. The molecule has 41 heavy (non-hydrogen) atoms. The Labute approximate surface area is 264 Å². The first-order chi connectivity index (χ1) is 18.9. The molecule has 212 valence electrons. The summed E-state index contributed by atoms with van der Waals surface area (Å²) in [7, 11) is 0. The summed E-state index contributed by atoms with van der Waals surface area (Å²) in [5, 5.41) is 71.0. The van der Waals surface area contributed by atoms with Crippen molar-refractivity contribution in [3.63, 3.8) is 0 Å². The Morgan fingerprint density at radius 1 is 0.415 bits per heavy atom. The van der Waals surface area contributed by atoms with Gasteiger partial charge in [-0.05, 0) is 42.5 Å². The average molecular weight is 784 g/mol. The van der Waals surface area contributed by atoms with Crippen molar-refractivity contribution in [3.8, 4) is 23.0 Å². The summed E-state index contributed by atoms with van der Waals surface area (Å²) >= 11 is 0. The molecular formula is C28H23O12Th-. The van der Waals surface area contributed by atoms with Crippen LogP contribution in [0, 0.1) is 39.9 Å². The number of benzene rings is 4. The van der Waals surface area contributed by atoms with E-state index in [1.54, 1.807) is 36.4 Å². The Morgan fingerprint density at radius 2 is 0.634 bits per heavy atom. The minimum Gasteiger partial charge on any atom is -0.872 e.